The highest BCUT2D eigenvalue weighted by atomic mass is 32.1. The first-order valence-corrected chi connectivity index (χ1v) is 7.27. The van der Waals surface area contributed by atoms with Gasteiger partial charge in [-0.05, 0) is 18.3 Å². The summed E-state index contributed by atoms with van der Waals surface area (Å²) in [6, 6.07) is 6.14. The standard InChI is InChI=1S/C13H8N4O3S2/c18-12-10(22-13(21)15-12)5-8-6-14-16-11(8)7-2-1-3-9(4-7)17(19)20/h1-6,18H,(H,15,21)/b8-5-. The second-order valence-electron chi connectivity index (χ2n) is 4.33. The van der Waals surface area contributed by atoms with Crippen molar-refractivity contribution in [2.75, 3.05) is 0 Å². The Kier molecular flexibility index (Phi) is 3.65. The van der Waals surface area contributed by atoms with Gasteiger partial charge in [-0.2, -0.15) is 5.10 Å². The predicted molar refractivity (Wildman–Crippen MR) is 87.3 cm³/mol. The Morgan fingerprint density at radius 3 is 2.95 bits per heavy atom. The fourth-order valence-corrected chi connectivity index (χ4v) is 2.98. The number of thiazole rings is 1. The van der Waals surface area contributed by atoms with Crippen molar-refractivity contribution in [2.45, 2.75) is 0 Å². The molecule has 9 heteroatoms. The number of benzene rings is 1. The van der Waals surface area contributed by atoms with Crippen LogP contribution in [0.3, 0.4) is 0 Å². The zero-order valence-corrected chi connectivity index (χ0v) is 12.5. The maximum absolute atomic E-state index is 10.9. The van der Waals surface area contributed by atoms with E-state index >= 15 is 0 Å². The smallest absolute Gasteiger partial charge is 0.270 e. The highest BCUT2D eigenvalue weighted by Gasteiger charge is 2.17. The van der Waals surface area contributed by atoms with Crippen molar-refractivity contribution in [2.24, 2.45) is 10.2 Å². The van der Waals surface area contributed by atoms with E-state index in [0.717, 1.165) is 0 Å². The normalized spacial score (nSPS) is 15.3. The Hall–Kier alpha value is -2.65. The van der Waals surface area contributed by atoms with E-state index in [4.69, 9.17) is 12.2 Å². The van der Waals surface area contributed by atoms with Crippen LogP contribution >= 0.6 is 23.6 Å². The topological polar surface area (TPSA) is 104 Å². The molecule has 1 aromatic heterocycles. The zero-order valence-electron chi connectivity index (χ0n) is 10.9. The second-order valence-corrected chi connectivity index (χ2v) is 6.05. The van der Waals surface area contributed by atoms with E-state index in [2.05, 4.69) is 15.2 Å². The summed E-state index contributed by atoms with van der Waals surface area (Å²) in [5, 5.41) is 28.4. The largest absolute Gasteiger partial charge is 0.494 e. The summed E-state index contributed by atoms with van der Waals surface area (Å²) in [5.74, 6) is -0.0267. The zero-order chi connectivity index (χ0) is 15.7. The van der Waals surface area contributed by atoms with Gasteiger partial charge in [0, 0.05) is 23.3 Å². The van der Waals surface area contributed by atoms with Crippen LogP contribution in [0.1, 0.15) is 10.4 Å². The van der Waals surface area contributed by atoms with Crippen molar-refractivity contribution in [3.8, 4) is 5.88 Å². The molecule has 0 spiro atoms. The molecule has 0 fully saturated rings. The highest BCUT2D eigenvalue weighted by Crippen LogP contribution is 2.26. The summed E-state index contributed by atoms with van der Waals surface area (Å²) in [6.07, 6.45) is 3.21. The molecule has 3 rings (SSSR count). The van der Waals surface area contributed by atoms with Crippen LogP contribution in [0.25, 0.3) is 6.08 Å². The van der Waals surface area contributed by atoms with Crippen molar-refractivity contribution >= 4 is 47.2 Å². The van der Waals surface area contributed by atoms with E-state index in [-0.39, 0.29) is 11.6 Å². The number of non-ortho nitro benzene ring substituents is 1. The molecule has 0 unspecified atom stereocenters. The molecular weight excluding hydrogens is 324 g/mol. The molecule has 7 nitrogen and oxygen atoms in total. The van der Waals surface area contributed by atoms with E-state index in [9.17, 15) is 15.2 Å². The lowest BCUT2D eigenvalue weighted by Gasteiger charge is -2.02. The predicted octanol–water partition coefficient (Wildman–Crippen LogP) is 3.29. The Labute approximate surface area is 133 Å². The molecule has 0 amide bonds. The number of nitrogens with one attached hydrogen (secondary N) is 1. The highest BCUT2D eigenvalue weighted by molar-refractivity contribution is 7.73. The van der Waals surface area contributed by atoms with Gasteiger partial charge in [-0.25, -0.2) is 0 Å². The third kappa shape index (κ3) is 2.71. The van der Waals surface area contributed by atoms with Gasteiger partial charge < -0.3 is 10.1 Å². The summed E-state index contributed by atoms with van der Waals surface area (Å²) in [4.78, 5) is 13.6. The van der Waals surface area contributed by atoms with Crippen LogP contribution in [0.2, 0.25) is 0 Å². The van der Waals surface area contributed by atoms with E-state index in [1.165, 1.54) is 29.7 Å². The molecule has 110 valence electrons. The minimum Gasteiger partial charge on any atom is -0.494 e. The summed E-state index contributed by atoms with van der Waals surface area (Å²) < 4.78 is 0.452. The van der Waals surface area contributed by atoms with Gasteiger partial charge in [-0.15, -0.1) is 16.4 Å². The molecular formula is C13H8N4O3S2. The molecule has 0 saturated carbocycles. The second kappa shape index (κ2) is 5.62. The van der Waals surface area contributed by atoms with Crippen LogP contribution < -0.4 is 0 Å². The number of aromatic amines is 1. The first-order valence-electron chi connectivity index (χ1n) is 6.04. The Balaban J connectivity index is 2.01. The molecule has 1 aromatic carbocycles. The van der Waals surface area contributed by atoms with Gasteiger partial charge in [0.1, 0.15) is 5.71 Å². The molecule has 2 heterocycles. The van der Waals surface area contributed by atoms with Gasteiger partial charge in [-0.3, -0.25) is 10.1 Å². The number of allylic oxidation sites excluding steroid dienone is 1. The molecule has 0 bridgehead atoms. The molecule has 2 aromatic rings. The van der Waals surface area contributed by atoms with Crippen LogP contribution in [-0.2, 0) is 0 Å². The minimum atomic E-state index is -0.465. The molecule has 0 aliphatic carbocycles. The van der Waals surface area contributed by atoms with Crippen LogP contribution in [0.4, 0.5) is 5.69 Å². The van der Waals surface area contributed by atoms with Crippen molar-refractivity contribution in [3.63, 3.8) is 0 Å². The SMILES string of the molecule is O=[N+]([O-])c1cccc(C2=NN=C/C2=C/c2sc(=S)[nH]c2O)c1. The van der Waals surface area contributed by atoms with Crippen LogP contribution in [0.5, 0.6) is 5.88 Å². The molecule has 0 radical (unpaired) electrons. The lowest BCUT2D eigenvalue weighted by atomic mass is 10.0. The number of nitro groups is 1. The van der Waals surface area contributed by atoms with Gasteiger partial charge >= 0.3 is 0 Å². The maximum Gasteiger partial charge on any atom is 0.270 e. The summed E-state index contributed by atoms with van der Waals surface area (Å²) in [7, 11) is 0. The van der Waals surface area contributed by atoms with Crippen molar-refractivity contribution < 1.29 is 10.0 Å². The monoisotopic (exact) mass is 332 g/mol. The Morgan fingerprint density at radius 2 is 2.27 bits per heavy atom. The fraction of sp³-hybridized carbons (Fsp3) is 0. The number of hydrogen-bond donors (Lipinski definition) is 2. The van der Waals surface area contributed by atoms with E-state index in [1.54, 1.807) is 18.2 Å². The van der Waals surface area contributed by atoms with Crippen LogP contribution in [-0.4, -0.2) is 26.9 Å². The van der Waals surface area contributed by atoms with Gasteiger partial charge in [-0.1, -0.05) is 12.1 Å². The van der Waals surface area contributed by atoms with Crippen molar-refractivity contribution in [3.05, 3.63) is 54.3 Å². The fourth-order valence-electron chi connectivity index (χ4n) is 1.94. The first-order chi connectivity index (χ1) is 10.5. The Morgan fingerprint density at radius 1 is 1.45 bits per heavy atom. The van der Waals surface area contributed by atoms with Gasteiger partial charge in [0.25, 0.3) is 5.69 Å². The van der Waals surface area contributed by atoms with Gasteiger partial charge in [0.2, 0.25) is 5.88 Å². The van der Waals surface area contributed by atoms with Crippen LogP contribution in [0, 0.1) is 14.1 Å². The minimum absolute atomic E-state index is 0.0217. The quantitative estimate of drug-likeness (QED) is 0.511. The third-order valence-electron chi connectivity index (χ3n) is 2.90. The lowest BCUT2D eigenvalue weighted by Crippen LogP contribution is -2.03. The molecule has 0 saturated heterocycles. The number of aromatic hydroxyl groups is 1. The lowest BCUT2D eigenvalue weighted by molar-refractivity contribution is -0.384. The molecule has 1 aliphatic heterocycles. The van der Waals surface area contributed by atoms with Crippen molar-refractivity contribution in [1.82, 2.24) is 4.98 Å². The number of H-pyrrole nitrogens is 1. The summed E-state index contributed by atoms with van der Waals surface area (Å²) in [5.41, 5.74) is 1.70. The van der Waals surface area contributed by atoms with E-state index in [1.807, 2.05) is 0 Å². The van der Waals surface area contributed by atoms with Crippen LogP contribution in [0.15, 0.2) is 40.0 Å². The number of nitro benzene ring substituents is 1. The summed E-state index contributed by atoms with van der Waals surface area (Å²) in [6.45, 7) is 0. The van der Waals surface area contributed by atoms with Crippen molar-refractivity contribution in [1.29, 1.82) is 0 Å². The number of nitrogens with zero attached hydrogens (tertiary/aromatic N) is 3. The molecule has 1 aliphatic rings. The van der Waals surface area contributed by atoms with E-state index in [0.29, 0.717) is 25.7 Å². The third-order valence-corrected chi connectivity index (χ3v) is 4.07. The molecule has 2 N–H and O–H groups in total. The van der Waals surface area contributed by atoms with E-state index < -0.39 is 4.92 Å². The number of aromatic nitrogens is 1. The average molecular weight is 332 g/mol. The number of rotatable bonds is 3. The van der Waals surface area contributed by atoms with Gasteiger partial charge in [0.05, 0.1) is 16.0 Å². The van der Waals surface area contributed by atoms with Gasteiger partial charge in [0.15, 0.2) is 3.95 Å². The Bertz CT molecular complexity index is 908. The average Bonchev–Trinajstić information content (AvgIpc) is 3.06. The maximum atomic E-state index is 10.9. The molecule has 0 atom stereocenters. The summed E-state index contributed by atoms with van der Waals surface area (Å²) >= 11 is 6.18. The first kappa shape index (κ1) is 14.3. The molecule has 22 heavy (non-hydrogen) atoms. The number of hydrogen-bond acceptors (Lipinski definition) is 7.